The van der Waals surface area contributed by atoms with Crippen molar-refractivity contribution >= 4 is 6.09 Å². The standard InChI is InChI=1S/C16H32N2O3/c1-11(2)14(18-15(19)21-16(4,5)6)10-17-13-7-8-20-12(3)9-13/h11-14,17H,7-10H2,1-6H3,(H,18,19). The van der Waals surface area contributed by atoms with Gasteiger partial charge in [-0.05, 0) is 46.5 Å². The Hall–Kier alpha value is -0.810. The first-order valence-electron chi connectivity index (χ1n) is 8.02. The minimum Gasteiger partial charge on any atom is -0.444 e. The molecule has 1 aliphatic rings. The largest absolute Gasteiger partial charge is 0.444 e. The van der Waals surface area contributed by atoms with Gasteiger partial charge in [0.2, 0.25) is 0 Å². The minimum atomic E-state index is -0.463. The summed E-state index contributed by atoms with van der Waals surface area (Å²) in [6.07, 6.45) is 2.02. The maximum absolute atomic E-state index is 11.9. The number of rotatable bonds is 5. The van der Waals surface area contributed by atoms with Crippen LogP contribution in [-0.4, -0.2) is 43.0 Å². The fourth-order valence-corrected chi connectivity index (χ4v) is 2.39. The zero-order valence-corrected chi connectivity index (χ0v) is 14.4. The van der Waals surface area contributed by atoms with Gasteiger partial charge in [-0.2, -0.15) is 0 Å². The van der Waals surface area contributed by atoms with Crippen LogP contribution in [0.2, 0.25) is 0 Å². The van der Waals surface area contributed by atoms with Crippen molar-refractivity contribution in [3.63, 3.8) is 0 Å². The first-order chi connectivity index (χ1) is 9.67. The molecule has 5 heteroatoms. The molecular formula is C16H32N2O3. The summed E-state index contributed by atoms with van der Waals surface area (Å²) in [7, 11) is 0. The lowest BCUT2D eigenvalue weighted by molar-refractivity contribution is 0.0123. The summed E-state index contributed by atoms with van der Waals surface area (Å²) in [6, 6.07) is 0.536. The molecule has 2 N–H and O–H groups in total. The molecule has 0 aromatic carbocycles. The first kappa shape index (κ1) is 18.2. The predicted octanol–water partition coefficient (Wildman–Crippen LogP) is 2.69. The third-order valence-electron chi connectivity index (χ3n) is 3.62. The van der Waals surface area contributed by atoms with E-state index in [4.69, 9.17) is 9.47 Å². The summed E-state index contributed by atoms with van der Waals surface area (Å²) >= 11 is 0. The van der Waals surface area contributed by atoms with Gasteiger partial charge in [0.05, 0.1) is 6.10 Å². The van der Waals surface area contributed by atoms with E-state index in [1.54, 1.807) is 0 Å². The highest BCUT2D eigenvalue weighted by Crippen LogP contribution is 2.14. The van der Waals surface area contributed by atoms with Crippen LogP contribution in [0.1, 0.15) is 54.4 Å². The van der Waals surface area contributed by atoms with Crippen molar-refractivity contribution in [3.8, 4) is 0 Å². The Bertz CT molecular complexity index is 326. The monoisotopic (exact) mass is 300 g/mol. The summed E-state index contributed by atoms with van der Waals surface area (Å²) in [6.45, 7) is 13.5. The van der Waals surface area contributed by atoms with Crippen molar-refractivity contribution in [2.75, 3.05) is 13.2 Å². The van der Waals surface area contributed by atoms with Gasteiger partial charge in [-0.3, -0.25) is 0 Å². The van der Waals surface area contributed by atoms with Gasteiger partial charge in [-0.15, -0.1) is 0 Å². The maximum Gasteiger partial charge on any atom is 0.407 e. The highest BCUT2D eigenvalue weighted by Gasteiger charge is 2.24. The fraction of sp³-hybridized carbons (Fsp3) is 0.938. The molecule has 0 bridgehead atoms. The topological polar surface area (TPSA) is 59.6 Å². The second-order valence-corrected chi connectivity index (χ2v) is 7.31. The Kier molecular flexibility index (Phi) is 6.94. The van der Waals surface area contributed by atoms with Gasteiger partial charge < -0.3 is 20.1 Å². The maximum atomic E-state index is 11.9. The Morgan fingerprint density at radius 3 is 2.57 bits per heavy atom. The van der Waals surface area contributed by atoms with Crippen molar-refractivity contribution in [2.24, 2.45) is 5.92 Å². The number of carbonyl (C=O) groups excluding carboxylic acids is 1. The number of hydrogen-bond acceptors (Lipinski definition) is 4. The molecule has 124 valence electrons. The average Bonchev–Trinajstić information content (AvgIpc) is 2.32. The first-order valence-corrected chi connectivity index (χ1v) is 8.02. The molecule has 0 aromatic rings. The normalized spacial score (nSPS) is 24.7. The van der Waals surface area contributed by atoms with Crippen molar-refractivity contribution in [1.82, 2.24) is 10.6 Å². The van der Waals surface area contributed by atoms with E-state index in [-0.39, 0.29) is 12.1 Å². The number of amides is 1. The summed E-state index contributed by atoms with van der Waals surface area (Å²) < 4.78 is 10.9. The minimum absolute atomic E-state index is 0.0676. The van der Waals surface area contributed by atoms with Gasteiger partial charge >= 0.3 is 6.09 Å². The van der Waals surface area contributed by atoms with E-state index in [1.807, 2.05) is 20.8 Å². The highest BCUT2D eigenvalue weighted by molar-refractivity contribution is 5.68. The van der Waals surface area contributed by atoms with Crippen LogP contribution in [0.4, 0.5) is 4.79 Å². The number of carbonyl (C=O) groups is 1. The van der Waals surface area contributed by atoms with E-state index >= 15 is 0 Å². The number of nitrogens with one attached hydrogen (secondary N) is 2. The van der Waals surface area contributed by atoms with Crippen LogP contribution in [0.15, 0.2) is 0 Å². The molecule has 21 heavy (non-hydrogen) atoms. The van der Waals surface area contributed by atoms with Gasteiger partial charge in [-0.25, -0.2) is 4.79 Å². The number of hydrogen-bond donors (Lipinski definition) is 2. The Morgan fingerprint density at radius 2 is 2.05 bits per heavy atom. The van der Waals surface area contributed by atoms with E-state index in [0.717, 1.165) is 26.0 Å². The van der Waals surface area contributed by atoms with Crippen molar-refractivity contribution in [2.45, 2.75) is 78.2 Å². The van der Waals surface area contributed by atoms with Gasteiger partial charge in [0, 0.05) is 25.2 Å². The smallest absolute Gasteiger partial charge is 0.407 e. The molecule has 1 rings (SSSR count). The summed E-state index contributed by atoms with van der Waals surface area (Å²) in [5, 5.41) is 6.52. The van der Waals surface area contributed by atoms with Crippen molar-refractivity contribution < 1.29 is 14.3 Å². The van der Waals surface area contributed by atoms with Crippen LogP contribution in [0.25, 0.3) is 0 Å². The second-order valence-electron chi connectivity index (χ2n) is 7.31. The van der Waals surface area contributed by atoms with Crippen LogP contribution in [-0.2, 0) is 9.47 Å². The molecule has 3 atom stereocenters. The summed E-state index contributed by atoms with van der Waals surface area (Å²) in [5.74, 6) is 0.349. The predicted molar refractivity (Wildman–Crippen MR) is 84.4 cm³/mol. The van der Waals surface area contributed by atoms with Crippen LogP contribution in [0.3, 0.4) is 0 Å². The summed E-state index contributed by atoms with van der Waals surface area (Å²) in [4.78, 5) is 11.9. The lowest BCUT2D eigenvalue weighted by Crippen LogP contribution is -2.50. The van der Waals surface area contributed by atoms with Crippen molar-refractivity contribution in [3.05, 3.63) is 0 Å². The van der Waals surface area contributed by atoms with Gasteiger partial charge in [0.25, 0.3) is 0 Å². The Morgan fingerprint density at radius 1 is 1.38 bits per heavy atom. The average molecular weight is 300 g/mol. The van der Waals surface area contributed by atoms with E-state index in [0.29, 0.717) is 18.1 Å². The second kappa shape index (κ2) is 7.99. The highest BCUT2D eigenvalue weighted by atomic mass is 16.6. The van der Waals surface area contributed by atoms with Crippen LogP contribution < -0.4 is 10.6 Å². The molecule has 0 radical (unpaired) electrons. The Balaban J connectivity index is 2.41. The molecule has 0 aromatic heterocycles. The van der Waals surface area contributed by atoms with E-state index in [1.165, 1.54) is 0 Å². The molecule has 0 spiro atoms. The van der Waals surface area contributed by atoms with E-state index in [2.05, 4.69) is 31.4 Å². The number of alkyl carbamates (subject to hydrolysis) is 1. The molecule has 0 saturated carbocycles. The summed E-state index contributed by atoms with van der Waals surface area (Å²) in [5.41, 5.74) is -0.463. The van der Waals surface area contributed by atoms with Crippen LogP contribution in [0.5, 0.6) is 0 Å². The molecule has 5 nitrogen and oxygen atoms in total. The molecule has 1 aliphatic heterocycles. The third-order valence-corrected chi connectivity index (χ3v) is 3.62. The lowest BCUT2D eigenvalue weighted by atomic mass is 10.0. The zero-order chi connectivity index (χ0) is 16.0. The molecular weight excluding hydrogens is 268 g/mol. The molecule has 0 aliphatic carbocycles. The molecule has 1 fully saturated rings. The van der Waals surface area contributed by atoms with Gasteiger partial charge in [0.1, 0.15) is 5.60 Å². The van der Waals surface area contributed by atoms with Crippen LogP contribution >= 0.6 is 0 Å². The lowest BCUT2D eigenvalue weighted by Gasteiger charge is -2.31. The Labute approximate surface area is 129 Å². The van der Waals surface area contributed by atoms with E-state index in [9.17, 15) is 4.79 Å². The molecule has 1 heterocycles. The molecule has 1 amide bonds. The quantitative estimate of drug-likeness (QED) is 0.819. The fourth-order valence-electron chi connectivity index (χ4n) is 2.39. The van der Waals surface area contributed by atoms with Gasteiger partial charge in [0.15, 0.2) is 0 Å². The number of ether oxygens (including phenoxy) is 2. The molecule has 3 unspecified atom stereocenters. The SMILES string of the molecule is CC1CC(NCC(NC(=O)OC(C)(C)C)C(C)C)CCO1. The van der Waals surface area contributed by atoms with Crippen LogP contribution in [0, 0.1) is 5.92 Å². The third kappa shape index (κ3) is 7.67. The van der Waals surface area contributed by atoms with Crippen molar-refractivity contribution in [1.29, 1.82) is 0 Å². The zero-order valence-electron chi connectivity index (χ0n) is 14.4. The van der Waals surface area contributed by atoms with E-state index < -0.39 is 5.60 Å². The van der Waals surface area contributed by atoms with Gasteiger partial charge in [-0.1, -0.05) is 13.8 Å². The molecule has 1 saturated heterocycles.